The molecule has 0 unspecified atom stereocenters. The van der Waals surface area contributed by atoms with E-state index in [1.807, 2.05) is 0 Å². The van der Waals surface area contributed by atoms with Gasteiger partial charge in [-0.1, -0.05) is 17.3 Å². The van der Waals surface area contributed by atoms with Gasteiger partial charge >= 0.3 is 0 Å². The van der Waals surface area contributed by atoms with Crippen LogP contribution in [0.2, 0.25) is 0 Å². The fourth-order valence-electron chi connectivity index (χ4n) is 2.32. The lowest BCUT2D eigenvalue weighted by Gasteiger charge is -2.34. The summed E-state index contributed by atoms with van der Waals surface area (Å²) in [6.45, 7) is 0. The second kappa shape index (κ2) is 6.07. The van der Waals surface area contributed by atoms with Crippen molar-refractivity contribution < 1.29 is 13.3 Å². The first-order chi connectivity index (χ1) is 9.58. The summed E-state index contributed by atoms with van der Waals surface area (Å²) in [7, 11) is 0. The standard InChI is InChI=1S/C14H15F2N3O.ClH/c15-10-4-1-3-9(12(10)16)5-6-11-18-13(19-20-11)14(17)7-2-8-14;/h1,3-4H,2,5-8,17H2;1H. The fraction of sp³-hybridized carbons (Fsp3) is 0.429. The monoisotopic (exact) mass is 315 g/mol. The number of aromatic nitrogens is 2. The highest BCUT2D eigenvalue weighted by molar-refractivity contribution is 5.85. The molecule has 0 amide bonds. The highest BCUT2D eigenvalue weighted by atomic mass is 35.5. The smallest absolute Gasteiger partial charge is 0.227 e. The zero-order valence-electron chi connectivity index (χ0n) is 11.3. The van der Waals surface area contributed by atoms with Crippen LogP contribution in [0.5, 0.6) is 0 Å². The molecule has 0 saturated heterocycles. The number of halogens is 3. The van der Waals surface area contributed by atoms with E-state index in [0.29, 0.717) is 30.1 Å². The Morgan fingerprint density at radius 3 is 2.67 bits per heavy atom. The van der Waals surface area contributed by atoms with Gasteiger partial charge in [-0.2, -0.15) is 4.98 Å². The van der Waals surface area contributed by atoms with Crippen LogP contribution in [0, 0.1) is 11.6 Å². The van der Waals surface area contributed by atoms with Crippen LogP contribution in [0.4, 0.5) is 8.78 Å². The normalized spacial score (nSPS) is 16.1. The number of benzene rings is 1. The largest absolute Gasteiger partial charge is 0.339 e. The van der Waals surface area contributed by atoms with Crippen molar-refractivity contribution in [3.8, 4) is 0 Å². The van der Waals surface area contributed by atoms with Crippen molar-refractivity contribution in [2.75, 3.05) is 0 Å². The number of nitrogens with two attached hydrogens (primary N) is 1. The maximum absolute atomic E-state index is 13.5. The predicted octanol–water partition coefficient (Wildman–Crippen LogP) is 2.89. The Morgan fingerprint density at radius 2 is 2.00 bits per heavy atom. The summed E-state index contributed by atoms with van der Waals surface area (Å²) in [4.78, 5) is 4.25. The molecule has 0 radical (unpaired) electrons. The van der Waals surface area contributed by atoms with Crippen LogP contribution in [-0.2, 0) is 18.4 Å². The van der Waals surface area contributed by atoms with Crippen molar-refractivity contribution in [1.29, 1.82) is 0 Å². The van der Waals surface area contributed by atoms with Crippen LogP contribution in [0.3, 0.4) is 0 Å². The zero-order chi connectivity index (χ0) is 14.2. The Bertz CT molecular complexity index is 628. The van der Waals surface area contributed by atoms with Gasteiger partial charge in [-0.25, -0.2) is 8.78 Å². The molecule has 1 saturated carbocycles. The summed E-state index contributed by atoms with van der Waals surface area (Å²) in [6, 6.07) is 4.13. The van der Waals surface area contributed by atoms with Gasteiger partial charge in [-0.3, -0.25) is 0 Å². The molecule has 4 nitrogen and oxygen atoms in total. The lowest BCUT2D eigenvalue weighted by Crippen LogP contribution is -2.44. The highest BCUT2D eigenvalue weighted by Crippen LogP contribution is 2.36. The molecule has 1 aromatic carbocycles. The average Bonchev–Trinajstić information content (AvgIpc) is 2.87. The van der Waals surface area contributed by atoms with Crippen molar-refractivity contribution in [2.24, 2.45) is 5.73 Å². The number of nitrogens with zero attached hydrogens (tertiary/aromatic N) is 2. The van der Waals surface area contributed by atoms with Gasteiger partial charge < -0.3 is 10.3 Å². The van der Waals surface area contributed by atoms with Crippen LogP contribution in [0.15, 0.2) is 22.7 Å². The average molecular weight is 316 g/mol. The van der Waals surface area contributed by atoms with Crippen LogP contribution in [-0.4, -0.2) is 10.1 Å². The van der Waals surface area contributed by atoms with E-state index in [-0.39, 0.29) is 12.4 Å². The van der Waals surface area contributed by atoms with E-state index in [1.165, 1.54) is 6.07 Å². The van der Waals surface area contributed by atoms with E-state index in [2.05, 4.69) is 10.1 Å². The van der Waals surface area contributed by atoms with E-state index in [1.54, 1.807) is 6.07 Å². The minimum Gasteiger partial charge on any atom is -0.339 e. The SMILES string of the molecule is Cl.NC1(c2noc(CCc3cccc(F)c3F)n2)CCC1. The summed E-state index contributed by atoms with van der Waals surface area (Å²) in [5, 5.41) is 3.88. The number of aryl methyl sites for hydroxylation is 2. The molecule has 3 rings (SSSR count). The Balaban J connectivity index is 0.00000161. The van der Waals surface area contributed by atoms with E-state index < -0.39 is 17.2 Å². The van der Waals surface area contributed by atoms with Gasteiger partial charge in [0.25, 0.3) is 0 Å². The first kappa shape index (κ1) is 15.9. The Kier molecular flexibility index (Phi) is 4.58. The molecule has 0 atom stereocenters. The summed E-state index contributed by atoms with van der Waals surface area (Å²) in [5.74, 6) is -0.746. The Hall–Kier alpha value is -1.53. The molecular formula is C14H16ClF2N3O. The van der Waals surface area contributed by atoms with E-state index in [0.717, 1.165) is 25.3 Å². The topological polar surface area (TPSA) is 64.9 Å². The number of hydrogen-bond acceptors (Lipinski definition) is 4. The Labute approximate surface area is 127 Å². The molecule has 1 fully saturated rings. The molecule has 1 aliphatic carbocycles. The molecule has 2 aromatic rings. The first-order valence-corrected chi connectivity index (χ1v) is 6.63. The predicted molar refractivity (Wildman–Crippen MR) is 75.0 cm³/mol. The van der Waals surface area contributed by atoms with Crippen LogP contribution < -0.4 is 5.73 Å². The molecule has 0 spiro atoms. The second-order valence-electron chi connectivity index (χ2n) is 5.23. The van der Waals surface area contributed by atoms with Gasteiger partial charge in [0.05, 0.1) is 5.54 Å². The van der Waals surface area contributed by atoms with Crippen molar-refractivity contribution in [3.63, 3.8) is 0 Å². The Morgan fingerprint density at radius 1 is 1.24 bits per heavy atom. The maximum Gasteiger partial charge on any atom is 0.227 e. The van der Waals surface area contributed by atoms with Gasteiger partial charge in [-0.15, -0.1) is 12.4 Å². The molecular weight excluding hydrogens is 300 g/mol. The van der Waals surface area contributed by atoms with E-state index in [4.69, 9.17) is 10.3 Å². The lowest BCUT2D eigenvalue weighted by molar-refractivity contribution is 0.229. The van der Waals surface area contributed by atoms with Crippen molar-refractivity contribution in [1.82, 2.24) is 10.1 Å². The maximum atomic E-state index is 13.5. The summed E-state index contributed by atoms with van der Waals surface area (Å²) < 4.78 is 31.7. The molecule has 7 heteroatoms. The quantitative estimate of drug-likeness (QED) is 0.942. The van der Waals surface area contributed by atoms with Crippen LogP contribution in [0.1, 0.15) is 36.5 Å². The van der Waals surface area contributed by atoms with E-state index in [9.17, 15) is 8.78 Å². The molecule has 114 valence electrons. The van der Waals surface area contributed by atoms with Crippen LogP contribution >= 0.6 is 12.4 Å². The van der Waals surface area contributed by atoms with Crippen LogP contribution in [0.25, 0.3) is 0 Å². The van der Waals surface area contributed by atoms with Gasteiger partial charge in [0.15, 0.2) is 17.5 Å². The molecule has 1 heterocycles. The summed E-state index contributed by atoms with van der Waals surface area (Å²) >= 11 is 0. The first-order valence-electron chi connectivity index (χ1n) is 6.63. The minimum atomic E-state index is -0.843. The minimum absolute atomic E-state index is 0. The fourth-order valence-corrected chi connectivity index (χ4v) is 2.32. The van der Waals surface area contributed by atoms with Gasteiger partial charge in [0.1, 0.15) is 0 Å². The van der Waals surface area contributed by atoms with Gasteiger partial charge in [0, 0.05) is 6.42 Å². The van der Waals surface area contributed by atoms with Gasteiger partial charge in [0.2, 0.25) is 5.89 Å². The third-order valence-corrected chi connectivity index (χ3v) is 3.80. The third kappa shape index (κ3) is 3.06. The lowest BCUT2D eigenvalue weighted by atomic mass is 9.77. The molecule has 21 heavy (non-hydrogen) atoms. The van der Waals surface area contributed by atoms with Crippen molar-refractivity contribution in [3.05, 3.63) is 47.1 Å². The third-order valence-electron chi connectivity index (χ3n) is 3.80. The van der Waals surface area contributed by atoms with Crippen molar-refractivity contribution in [2.45, 2.75) is 37.6 Å². The summed E-state index contributed by atoms with van der Waals surface area (Å²) in [5.41, 5.74) is 5.93. The number of rotatable bonds is 4. The molecule has 1 aliphatic rings. The summed E-state index contributed by atoms with van der Waals surface area (Å²) in [6.07, 6.45) is 3.44. The zero-order valence-corrected chi connectivity index (χ0v) is 12.1. The molecule has 0 aliphatic heterocycles. The molecule has 0 bridgehead atoms. The second-order valence-corrected chi connectivity index (χ2v) is 5.23. The molecule has 2 N–H and O–H groups in total. The van der Waals surface area contributed by atoms with E-state index >= 15 is 0 Å². The highest BCUT2D eigenvalue weighted by Gasteiger charge is 2.38. The number of hydrogen-bond donors (Lipinski definition) is 1. The van der Waals surface area contributed by atoms with Crippen molar-refractivity contribution >= 4 is 12.4 Å². The van der Waals surface area contributed by atoms with Gasteiger partial charge in [-0.05, 0) is 37.3 Å². The molecule has 1 aromatic heterocycles.